The number of carboxylic acids is 1. The van der Waals surface area contributed by atoms with E-state index in [1.807, 2.05) is 50.2 Å². The molecule has 1 unspecified atom stereocenters. The van der Waals surface area contributed by atoms with Gasteiger partial charge < -0.3 is 14.8 Å². The van der Waals surface area contributed by atoms with Gasteiger partial charge in [-0.15, -0.1) is 0 Å². The van der Waals surface area contributed by atoms with E-state index in [2.05, 4.69) is 28.3 Å². The Hall–Kier alpha value is -4.20. The highest BCUT2D eigenvalue weighted by Gasteiger charge is 2.16. The number of rotatable bonds is 8. The number of aromatic nitrogens is 2. The molecule has 2 N–H and O–H groups in total. The quantitative estimate of drug-likeness (QED) is 0.355. The van der Waals surface area contributed by atoms with Crippen LogP contribution in [0.1, 0.15) is 41.5 Å². The second-order valence-electron chi connectivity index (χ2n) is 8.77. The van der Waals surface area contributed by atoms with Crippen LogP contribution in [0.4, 0.5) is 17.5 Å². The number of aryl methyl sites for hydroxylation is 1. The number of hydrogen-bond donors (Lipinski definition) is 2. The normalized spacial score (nSPS) is 11.9. The molecule has 0 bridgehead atoms. The fourth-order valence-electron chi connectivity index (χ4n) is 3.82. The number of likely N-dealkylation sites (N-methyl/N-ethyl adjacent to an activating group) is 1. The second kappa shape index (κ2) is 9.97. The molecule has 0 saturated carbocycles. The first kappa shape index (κ1) is 23.9. The molecule has 0 aliphatic rings. The number of carboxylic acid groups (broad SMARTS) is 1. The molecule has 2 aromatic heterocycles. The second-order valence-corrected chi connectivity index (χ2v) is 8.77. The summed E-state index contributed by atoms with van der Waals surface area (Å²) in [5, 5.41) is 12.2. The van der Waals surface area contributed by atoms with Crippen molar-refractivity contribution in [1.82, 2.24) is 9.97 Å². The van der Waals surface area contributed by atoms with Crippen LogP contribution in [-0.2, 0) is 16.0 Å². The van der Waals surface area contributed by atoms with E-state index in [9.17, 15) is 9.59 Å². The molecule has 35 heavy (non-hydrogen) atoms. The summed E-state index contributed by atoms with van der Waals surface area (Å²) in [5.74, 6) is -0.637. The number of amides is 1. The van der Waals surface area contributed by atoms with Gasteiger partial charge in [0.2, 0.25) is 5.91 Å². The number of nitrogens with zero attached hydrogens (tertiary/aromatic N) is 3. The van der Waals surface area contributed by atoms with Gasteiger partial charge in [0.05, 0.1) is 12.8 Å². The number of aliphatic carboxylic acids is 1. The maximum atomic E-state index is 12.9. The number of carbonyl (C=O) groups is 2. The summed E-state index contributed by atoms with van der Waals surface area (Å²) >= 11 is 0. The smallest absolute Gasteiger partial charge is 0.303 e. The summed E-state index contributed by atoms with van der Waals surface area (Å²) < 4.78 is 5.90. The van der Waals surface area contributed by atoms with Gasteiger partial charge in [-0.25, -0.2) is 4.98 Å². The van der Waals surface area contributed by atoms with Gasteiger partial charge in [-0.1, -0.05) is 31.2 Å². The number of hydrogen-bond acceptors (Lipinski definition) is 6. The first-order valence-corrected chi connectivity index (χ1v) is 11.4. The minimum absolute atomic E-state index is 0.0295. The molecule has 1 amide bonds. The van der Waals surface area contributed by atoms with Crippen molar-refractivity contribution in [2.75, 3.05) is 17.3 Å². The van der Waals surface area contributed by atoms with E-state index >= 15 is 0 Å². The highest BCUT2D eigenvalue weighted by atomic mass is 16.4. The summed E-state index contributed by atoms with van der Waals surface area (Å²) in [4.78, 5) is 34.1. The Morgan fingerprint density at radius 2 is 1.94 bits per heavy atom. The van der Waals surface area contributed by atoms with Crippen molar-refractivity contribution in [3.63, 3.8) is 0 Å². The van der Waals surface area contributed by atoms with Crippen molar-refractivity contribution < 1.29 is 19.1 Å². The van der Waals surface area contributed by atoms with Crippen molar-refractivity contribution in [1.29, 1.82) is 0 Å². The van der Waals surface area contributed by atoms with Crippen molar-refractivity contribution in [3.05, 3.63) is 77.0 Å². The number of carbonyl (C=O) groups excluding carboxylic acids is 1. The van der Waals surface area contributed by atoms with Crippen LogP contribution in [-0.4, -0.2) is 34.0 Å². The zero-order valence-electron chi connectivity index (χ0n) is 20.2. The lowest BCUT2D eigenvalue weighted by Crippen LogP contribution is -2.28. The van der Waals surface area contributed by atoms with Gasteiger partial charge in [0, 0.05) is 18.9 Å². The molecule has 0 spiro atoms. The largest absolute Gasteiger partial charge is 0.481 e. The van der Waals surface area contributed by atoms with E-state index in [1.54, 1.807) is 19.3 Å². The van der Waals surface area contributed by atoms with E-state index in [0.29, 0.717) is 22.9 Å². The fourth-order valence-corrected chi connectivity index (χ4v) is 3.82. The molecule has 0 aliphatic carbocycles. The van der Waals surface area contributed by atoms with Crippen LogP contribution in [0, 0.1) is 13.8 Å². The lowest BCUT2D eigenvalue weighted by atomic mass is 10.00. The van der Waals surface area contributed by atoms with Crippen molar-refractivity contribution in [2.24, 2.45) is 0 Å². The van der Waals surface area contributed by atoms with E-state index in [0.717, 1.165) is 22.4 Å². The summed E-state index contributed by atoms with van der Waals surface area (Å²) in [6, 6.07) is 15.5. The van der Waals surface area contributed by atoms with Gasteiger partial charge >= 0.3 is 5.97 Å². The summed E-state index contributed by atoms with van der Waals surface area (Å²) in [6.45, 7) is 5.93. The molecule has 0 fully saturated rings. The van der Waals surface area contributed by atoms with Crippen LogP contribution in [0.25, 0.3) is 11.1 Å². The minimum Gasteiger partial charge on any atom is -0.481 e. The Bertz CT molecular complexity index is 1380. The number of fused-ring (bicyclic) bond motifs is 1. The molecule has 2 aromatic carbocycles. The SMILES string of the molecule is Cc1cccc(Nc2nc3ccc(CC(=O)N(C)c4ccc(C(C)CC(=O)O)cn4)cc3o2)c1C. The Morgan fingerprint density at radius 1 is 1.14 bits per heavy atom. The Morgan fingerprint density at radius 3 is 2.66 bits per heavy atom. The highest BCUT2D eigenvalue weighted by molar-refractivity contribution is 5.93. The van der Waals surface area contributed by atoms with E-state index < -0.39 is 5.97 Å². The first-order chi connectivity index (χ1) is 16.7. The minimum atomic E-state index is -0.856. The third kappa shape index (κ3) is 5.48. The van der Waals surface area contributed by atoms with Gasteiger partial charge in [0.1, 0.15) is 11.3 Å². The van der Waals surface area contributed by atoms with Crippen LogP contribution >= 0.6 is 0 Å². The average Bonchev–Trinajstić information content (AvgIpc) is 3.23. The Labute approximate surface area is 203 Å². The molecule has 4 rings (SSSR count). The highest BCUT2D eigenvalue weighted by Crippen LogP contribution is 2.26. The van der Waals surface area contributed by atoms with Gasteiger partial charge in [-0.05, 0) is 66.3 Å². The lowest BCUT2D eigenvalue weighted by Gasteiger charge is -2.17. The molecular weight excluding hydrogens is 444 g/mol. The average molecular weight is 473 g/mol. The lowest BCUT2D eigenvalue weighted by molar-refractivity contribution is -0.137. The monoisotopic (exact) mass is 472 g/mol. The van der Waals surface area contributed by atoms with Gasteiger partial charge in [0.25, 0.3) is 6.01 Å². The molecule has 0 aliphatic heterocycles. The molecule has 4 aromatic rings. The molecule has 0 saturated heterocycles. The molecule has 1 atom stereocenters. The molecular formula is C27H28N4O4. The van der Waals surface area contributed by atoms with E-state index in [4.69, 9.17) is 9.52 Å². The maximum Gasteiger partial charge on any atom is 0.303 e. The molecule has 180 valence electrons. The fraction of sp³-hybridized carbons (Fsp3) is 0.259. The van der Waals surface area contributed by atoms with Gasteiger partial charge in [-0.3, -0.25) is 14.5 Å². The van der Waals surface area contributed by atoms with Crippen LogP contribution in [0.15, 0.2) is 59.1 Å². The predicted molar refractivity (Wildman–Crippen MR) is 135 cm³/mol. The summed E-state index contributed by atoms with van der Waals surface area (Å²) in [7, 11) is 1.67. The number of pyridine rings is 1. The standard InChI is InChI=1S/C27H28N4O4/c1-16-6-5-7-21(18(16)3)29-27-30-22-10-8-19(13-23(22)35-27)14-25(32)31(4)24-11-9-20(15-28-24)17(2)12-26(33)34/h5-11,13,15,17H,12,14H2,1-4H3,(H,29,30)(H,33,34). The third-order valence-electron chi connectivity index (χ3n) is 6.19. The molecule has 8 heteroatoms. The zero-order chi connectivity index (χ0) is 25.1. The van der Waals surface area contributed by atoms with Gasteiger partial charge in [-0.2, -0.15) is 4.98 Å². The van der Waals surface area contributed by atoms with Crippen molar-refractivity contribution >= 4 is 40.5 Å². The van der Waals surface area contributed by atoms with Crippen molar-refractivity contribution in [2.45, 2.75) is 39.5 Å². The van der Waals surface area contributed by atoms with Crippen LogP contribution in [0.3, 0.4) is 0 Å². The zero-order valence-corrected chi connectivity index (χ0v) is 20.2. The molecule has 0 radical (unpaired) electrons. The predicted octanol–water partition coefficient (Wildman–Crippen LogP) is 5.37. The van der Waals surface area contributed by atoms with E-state index in [-0.39, 0.29) is 24.7 Å². The number of oxazole rings is 1. The van der Waals surface area contributed by atoms with Crippen molar-refractivity contribution in [3.8, 4) is 0 Å². The first-order valence-electron chi connectivity index (χ1n) is 11.4. The van der Waals surface area contributed by atoms with Crippen LogP contribution in [0.5, 0.6) is 0 Å². The van der Waals surface area contributed by atoms with E-state index in [1.165, 1.54) is 10.5 Å². The molecule has 8 nitrogen and oxygen atoms in total. The Balaban J connectivity index is 1.44. The van der Waals surface area contributed by atoms with Gasteiger partial charge in [0.15, 0.2) is 5.58 Å². The maximum absolute atomic E-state index is 12.9. The number of benzene rings is 2. The summed E-state index contributed by atoms with van der Waals surface area (Å²) in [5.41, 5.74) is 6.16. The number of nitrogens with one attached hydrogen (secondary N) is 1. The molecule has 2 heterocycles. The Kier molecular flexibility index (Phi) is 6.82. The van der Waals surface area contributed by atoms with Crippen LogP contribution in [0.2, 0.25) is 0 Å². The summed E-state index contributed by atoms with van der Waals surface area (Å²) in [6.07, 6.45) is 1.82. The number of anilines is 3. The topological polar surface area (TPSA) is 109 Å². The van der Waals surface area contributed by atoms with Crippen LogP contribution < -0.4 is 10.2 Å². The third-order valence-corrected chi connectivity index (χ3v) is 6.19.